The lowest BCUT2D eigenvalue weighted by Crippen LogP contribution is -2.50. The molecule has 0 saturated carbocycles. The van der Waals surface area contributed by atoms with Crippen molar-refractivity contribution in [2.45, 2.75) is 46.1 Å². The highest BCUT2D eigenvalue weighted by Crippen LogP contribution is 2.26. The number of aryl methyl sites for hydroxylation is 1. The van der Waals surface area contributed by atoms with Crippen molar-refractivity contribution in [1.82, 2.24) is 4.90 Å². The second kappa shape index (κ2) is 5.96. The molecule has 19 heavy (non-hydrogen) atoms. The molecule has 1 aromatic rings. The highest BCUT2D eigenvalue weighted by molar-refractivity contribution is 5.52. The summed E-state index contributed by atoms with van der Waals surface area (Å²) >= 11 is 0. The fraction of sp³-hybridized carbons (Fsp3) is 0.647. The molecule has 1 fully saturated rings. The van der Waals surface area contributed by atoms with E-state index in [4.69, 9.17) is 0 Å². The van der Waals surface area contributed by atoms with Gasteiger partial charge >= 0.3 is 0 Å². The molecule has 1 aliphatic rings. The standard InChI is InChI=1S/C17H28N2/c1-6-15-11-16(7-8-17(15)13(2)3)19-10-9-18(5)14(4)12-19/h7-8,11,13-14H,6,9-10,12H2,1-5H3/t14-/m1/s1. The van der Waals surface area contributed by atoms with Gasteiger partial charge in [-0.25, -0.2) is 0 Å². The molecule has 0 aliphatic carbocycles. The van der Waals surface area contributed by atoms with Crippen LogP contribution in [0.2, 0.25) is 0 Å². The minimum atomic E-state index is 0.621. The van der Waals surface area contributed by atoms with Gasteiger partial charge in [-0.3, -0.25) is 0 Å². The fourth-order valence-corrected chi connectivity index (χ4v) is 2.94. The lowest BCUT2D eigenvalue weighted by atomic mass is 9.95. The normalized spacial score (nSPS) is 21.2. The molecule has 0 radical (unpaired) electrons. The molecule has 0 N–H and O–H groups in total. The summed E-state index contributed by atoms with van der Waals surface area (Å²) < 4.78 is 0. The fourth-order valence-electron chi connectivity index (χ4n) is 2.94. The molecule has 106 valence electrons. The number of likely N-dealkylation sites (N-methyl/N-ethyl adjacent to an activating group) is 1. The van der Waals surface area contributed by atoms with Crippen molar-refractivity contribution in [2.75, 3.05) is 31.6 Å². The van der Waals surface area contributed by atoms with Crippen LogP contribution in [0.4, 0.5) is 5.69 Å². The highest BCUT2D eigenvalue weighted by atomic mass is 15.3. The third kappa shape index (κ3) is 3.11. The Labute approximate surface area is 118 Å². The highest BCUT2D eigenvalue weighted by Gasteiger charge is 2.21. The molecule has 0 unspecified atom stereocenters. The van der Waals surface area contributed by atoms with E-state index in [1.165, 1.54) is 16.8 Å². The Morgan fingerprint density at radius 3 is 2.58 bits per heavy atom. The number of hydrogen-bond acceptors (Lipinski definition) is 2. The van der Waals surface area contributed by atoms with E-state index in [1.54, 1.807) is 0 Å². The van der Waals surface area contributed by atoms with Crippen molar-refractivity contribution in [3.63, 3.8) is 0 Å². The van der Waals surface area contributed by atoms with E-state index in [2.05, 4.69) is 62.7 Å². The van der Waals surface area contributed by atoms with Gasteiger partial charge in [0.2, 0.25) is 0 Å². The molecular formula is C17H28N2. The summed E-state index contributed by atoms with van der Waals surface area (Å²) in [6, 6.07) is 7.70. The largest absolute Gasteiger partial charge is 0.369 e. The van der Waals surface area contributed by atoms with Gasteiger partial charge in [-0.2, -0.15) is 0 Å². The van der Waals surface area contributed by atoms with E-state index in [-0.39, 0.29) is 0 Å². The van der Waals surface area contributed by atoms with Crippen molar-refractivity contribution in [1.29, 1.82) is 0 Å². The summed E-state index contributed by atoms with van der Waals surface area (Å²) in [4.78, 5) is 4.98. The van der Waals surface area contributed by atoms with Crippen LogP contribution in [0.15, 0.2) is 18.2 Å². The second-order valence-corrected chi connectivity index (χ2v) is 6.17. The molecule has 2 rings (SSSR count). The summed E-state index contributed by atoms with van der Waals surface area (Å²) in [6.45, 7) is 12.6. The molecule has 1 aliphatic heterocycles. The Kier molecular flexibility index (Phi) is 4.51. The molecule has 2 nitrogen and oxygen atoms in total. The lowest BCUT2D eigenvalue weighted by Gasteiger charge is -2.39. The first-order valence-electron chi connectivity index (χ1n) is 7.61. The van der Waals surface area contributed by atoms with Gasteiger partial charge in [0.15, 0.2) is 0 Å². The Morgan fingerprint density at radius 1 is 1.26 bits per heavy atom. The van der Waals surface area contributed by atoms with Crippen LogP contribution in [-0.2, 0) is 6.42 Å². The van der Waals surface area contributed by atoms with Crippen molar-refractivity contribution < 1.29 is 0 Å². The molecule has 0 bridgehead atoms. The maximum Gasteiger partial charge on any atom is 0.0370 e. The summed E-state index contributed by atoms with van der Waals surface area (Å²) in [5.74, 6) is 0.621. The third-order valence-corrected chi connectivity index (χ3v) is 4.45. The SMILES string of the molecule is CCc1cc(N2CCN(C)[C@H](C)C2)ccc1C(C)C. The molecule has 1 heterocycles. The summed E-state index contributed by atoms with van der Waals surface area (Å²) in [6.07, 6.45) is 1.13. The van der Waals surface area contributed by atoms with Crippen LogP contribution in [0.3, 0.4) is 0 Å². The molecule has 0 amide bonds. The third-order valence-electron chi connectivity index (χ3n) is 4.45. The Bertz CT molecular complexity index is 425. The summed E-state index contributed by atoms with van der Waals surface area (Å²) in [7, 11) is 2.22. The summed E-state index contributed by atoms with van der Waals surface area (Å²) in [5.41, 5.74) is 4.42. The first-order valence-corrected chi connectivity index (χ1v) is 7.61. The van der Waals surface area contributed by atoms with Crippen LogP contribution < -0.4 is 4.90 Å². The molecular weight excluding hydrogens is 232 g/mol. The van der Waals surface area contributed by atoms with Crippen molar-refractivity contribution in [3.8, 4) is 0 Å². The summed E-state index contributed by atoms with van der Waals surface area (Å²) in [5, 5.41) is 0. The zero-order chi connectivity index (χ0) is 14.0. The number of anilines is 1. The first-order chi connectivity index (χ1) is 9.02. The number of piperazine rings is 1. The molecule has 1 aromatic carbocycles. The van der Waals surface area contributed by atoms with Crippen LogP contribution >= 0.6 is 0 Å². The van der Waals surface area contributed by atoms with Crippen LogP contribution in [0.5, 0.6) is 0 Å². The van der Waals surface area contributed by atoms with Crippen molar-refractivity contribution >= 4 is 5.69 Å². The lowest BCUT2D eigenvalue weighted by molar-refractivity contribution is 0.234. The van der Waals surface area contributed by atoms with Crippen LogP contribution in [-0.4, -0.2) is 37.6 Å². The topological polar surface area (TPSA) is 6.48 Å². The molecule has 1 atom stereocenters. The van der Waals surface area contributed by atoms with Crippen molar-refractivity contribution in [3.05, 3.63) is 29.3 Å². The number of hydrogen-bond donors (Lipinski definition) is 0. The van der Waals surface area contributed by atoms with Gasteiger partial charge in [-0.05, 0) is 49.6 Å². The predicted octanol–water partition coefficient (Wildman–Crippen LogP) is 3.51. The van der Waals surface area contributed by atoms with E-state index in [0.29, 0.717) is 12.0 Å². The first kappa shape index (κ1) is 14.4. The van der Waals surface area contributed by atoms with Gasteiger partial charge in [0.1, 0.15) is 0 Å². The Hall–Kier alpha value is -1.02. The predicted molar refractivity (Wildman–Crippen MR) is 84.2 cm³/mol. The Balaban J connectivity index is 2.21. The van der Waals surface area contributed by atoms with Gasteiger partial charge in [0.05, 0.1) is 0 Å². The number of benzene rings is 1. The minimum absolute atomic E-state index is 0.621. The molecule has 2 heteroatoms. The average molecular weight is 260 g/mol. The average Bonchev–Trinajstić information content (AvgIpc) is 2.41. The maximum atomic E-state index is 2.54. The zero-order valence-corrected chi connectivity index (χ0v) is 13.1. The van der Waals surface area contributed by atoms with Gasteiger partial charge in [-0.15, -0.1) is 0 Å². The van der Waals surface area contributed by atoms with Gasteiger partial charge in [0, 0.05) is 31.4 Å². The van der Waals surface area contributed by atoms with Crippen molar-refractivity contribution in [2.24, 2.45) is 0 Å². The number of rotatable bonds is 3. The minimum Gasteiger partial charge on any atom is -0.369 e. The smallest absolute Gasteiger partial charge is 0.0370 e. The van der Waals surface area contributed by atoms with Crippen LogP contribution in [0.1, 0.15) is 44.7 Å². The van der Waals surface area contributed by atoms with Crippen LogP contribution in [0.25, 0.3) is 0 Å². The maximum absolute atomic E-state index is 2.54. The van der Waals surface area contributed by atoms with E-state index >= 15 is 0 Å². The van der Waals surface area contributed by atoms with Gasteiger partial charge in [-0.1, -0.05) is 26.8 Å². The molecule has 0 aromatic heterocycles. The number of nitrogens with zero attached hydrogens (tertiary/aromatic N) is 2. The molecule has 0 spiro atoms. The zero-order valence-electron chi connectivity index (χ0n) is 13.1. The van der Waals surface area contributed by atoms with E-state index < -0.39 is 0 Å². The molecule has 1 saturated heterocycles. The second-order valence-electron chi connectivity index (χ2n) is 6.17. The van der Waals surface area contributed by atoms with Gasteiger partial charge < -0.3 is 9.80 Å². The quantitative estimate of drug-likeness (QED) is 0.820. The van der Waals surface area contributed by atoms with E-state index in [9.17, 15) is 0 Å². The van der Waals surface area contributed by atoms with Gasteiger partial charge in [0.25, 0.3) is 0 Å². The Morgan fingerprint density at radius 2 is 2.00 bits per heavy atom. The monoisotopic (exact) mass is 260 g/mol. The van der Waals surface area contributed by atoms with E-state index in [1.807, 2.05) is 0 Å². The van der Waals surface area contributed by atoms with Crippen LogP contribution in [0, 0.1) is 0 Å². The van der Waals surface area contributed by atoms with E-state index in [0.717, 1.165) is 26.1 Å².